The third-order valence-electron chi connectivity index (χ3n) is 3.75. The number of carbonyl (C=O) groups is 1. The SMILES string of the molecule is CC(=O)NC1([As](=O)(O)OO)C=CC=CC1.CC(C)(C)c1cccc(I)c1. The van der Waals surface area contributed by atoms with Gasteiger partial charge >= 0.3 is 89.1 Å². The van der Waals surface area contributed by atoms with Gasteiger partial charge in [0.05, 0.1) is 0 Å². The molecule has 2 unspecified atom stereocenters. The van der Waals surface area contributed by atoms with Gasteiger partial charge in [-0.1, -0.05) is 32.9 Å². The number of nitrogens with one attached hydrogen (secondary N) is 1. The molecule has 0 aliphatic heterocycles. The normalized spacial score (nSPS) is 21.3. The van der Waals surface area contributed by atoms with Gasteiger partial charge in [-0.25, -0.2) is 0 Å². The Bertz CT molecular complexity index is 741. The van der Waals surface area contributed by atoms with Crippen molar-refractivity contribution in [2.45, 2.75) is 43.9 Å². The van der Waals surface area contributed by atoms with E-state index in [0.717, 1.165) is 0 Å². The minimum absolute atomic E-state index is 0.108. The summed E-state index contributed by atoms with van der Waals surface area (Å²) in [5.74, 6) is -0.470. The molecule has 0 aromatic heterocycles. The Hall–Kier alpha value is -0.862. The van der Waals surface area contributed by atoms with Gasteiger partial charge in [-0.2, -0.15) is 0 Å². The number of amides is 1. The van der Waals surface area contributed by atoms with Gasteiger partial charge < -0.3 is 0 Å². The van der Waals surface area contributed by atoms with Gasteiger partial charge in [0.15, 0.2) is 0 Å². The van der Waals surface area contributed by atoms with Crippen LogP contribution in [0.2, 0.25) is 0 Å². The number of rotatable bonds is 3. The van der Waals surface area contributed by atoms with Crippen molar-refractivity contribution in [3.63, 3.8) is 0 Å². The Balaban J connectivity index is 0.000000273. The molecule has 0 heterocycles. The molecular weight excluding hydrogens is 512 g/mol. The number of hydrogen-bond donors (Lipinski definition) is 3. The third-order valence-corrected chi connectivity index (χ3v) is 7.93. The number of allylic oxidation sites excluding steroid dienone is 2. The van der Waals surface area contributed by atoms with Crippen LogP contribution in [-0.4, -0.2) is 33.8 Å². The summed E-state index contributed by atoms with van der Waals surface area (Å²) in [4.78, 5) is 11.0. The van der Waals surface area contributed by atoms with E-state index in [9.17, 15) is 12.6 Å². The summed E-state index contributed by atoms with van der Waals surface area (Å²) < 4.78 is 24.6. The van der Waals surface area contributed by atoms with E-state index in [4.69, 9.17) is 5.26 Å². The first-order valence-corrected chi connectivity index (χ1v) is 12.4. The average Bonchev–Trinajstić information content (AvgIpc) is 2.55. The van der Waals surface area contributed by atoms with Crippen molar-refractivity contribution in [2.75, 3.05) is 0 Å². The summed E-state index contributed by atoms with van der Waals surface area (Å²) >= 11 is -2.67. The molecular formula is C18H25AsINO5. The van der Waals surface area contributed by atoms with Crippen LogP contribution in [0.5, 0.6) is 0 Å². The molecule has 1 amide bonds. The second kappa shape index (κ2) is 9.37. The molecule has 1 aromatic rings. The van der Waals surface area contributed by atoms with E-state index in [-0.39, 0.29) is 11.8 Å². The van der Waals surface area contributed by atoms with E-state index in [1.165, 1.54) is 28.2 Å². The van der Waals surface area contributed by atoms with E-state index in [1.54, 1.807) is 12.2 Å². The van der Waals surface area contributed by atoms with E-state index in [2.05, 4.69) is 76.8 Å². The van der Waals surface area contributed by atoms with Crippen molar-refractivity contribution in [1.29, 1.82) is 0 Å². The second-order valence-electron chi connectivity index (χ2n) is 6.96. The Morgan fingerprint density at radius 2 is 2.00 bits per heavy atom. The molecule has 144 valence electrons. The van der Waals surface area contributed by atoms with E-state index in [1.807, 2.05) is 0 Å². The zero-order valence-electron chi connectivity index (χ0n) is 15.3. The zero-order chi connectivity index (χ0) is 20.0. The fourth-order valence-corrected chi connectivity index (χ4v) is 5.07. The van der Waals surface area contributed by atoms with E-state index < -0.39 is 24.4 Å². The monoisotopic (exact) mass is 537 g/mol. The summed E-state index contributed by atoms with van der Waals surface area (Å²) in [6, 6.07) is 8.65. The molecule has 1 aliphatic rings. The van der Waals surface area contributed by atoms with Crippen LogP contribution in [-0.2, 0) is 17.8 Å². The molecule has 1 aliphatic carbocycles. The number of benzene rings is 1. The Labute approximate surface area is 170 Å². The summed E-state index contributed by atoms with van der Waals surface area (Å²) in [6.45, 7) is 7.93. The first-order valence-electron chi connectivity index (χ1n) is 7.99. The van der Waals surface area contributed by atoms with Crippen LogP contribution >= 0.6 is 22.6 Å². The molecule has 2 rings (SSSR count). The van der Waals surface area contributed by atoms with Crippen LogP contribution in [0.25, 0.3) is 0 Å². The molecule has 6 nitrogen and oxygen atoms in total. The molecule has 0 fully saturated rings. The molecule has 2 atom stereocenters. The molecule has 0 saturated carbocycles. The van der Waals surface area contributed by atoms with Gasteiger partial charge in [-0.15, -0.1) is 0 Å². The standard InChI is InChI=1S/C10H13I.C8H12AsNO5/c1-10(2,3)8-5-4-6-9(11)7-8;1-7(11)10-8(9(12,13)15-14)5-3-2-4-6-8/h4-7H,1-3H3;2-5,14H,6H2,1H3,(H,10,11)(H,12,13). The summed E-state index contributed by atoms with van der Waals surface area (Å²) in [5.41, 5.74) is 1.69. The van der Waals surface area contributed by atoms with Crippen LogP contribution in [0.3, 0.4) is 0 Å². The van der Waals surface area contributed by atoms with Gasteiger partial charge in [0.1, 0.15) is 0 Å². The predicted molar refractivity (Wildman–Crippen MR) is 110 cm³/mol. The minimum Gasteiger partial charge on any atom is -0.0609 e. The molecule has 8 heteroatoms. The Kier molecular flexibility index (Phi) is 8.35. The molecule has 0 bridgehead atoms. The molecule has 1 aromatic carbocycles. The number of hydrogen-bond acceptors (Lipinski definition) is 4. The fraction of sp³-hybridized carbons (Fsp3) is 0.389. The van der Waals surface area contributed by atoms with Crippen molar-refractivity contribution >= 4 is 42.7 Å². The molecule has 0 spiro atoms. The maximum absolute atomic E-state index is 11.6. The van der Waals surface area contributed by atoms with Gasteiger partial charge in [-0.05, 0) is 45.7 Å². The summed E-state index contributed by atoms with van der Waals surface area (Å²) in [7, 11) is 0. The number of halogens is 1. The molecule has 3 N–H and O–H groups in total. The van der Waals surface area contributed by atoms with Crippen molar-refractivity contribution in [1.82, 2.24) is 5.32 Å². The van der Waals surface area contributed by atoms with Gasteiger partial charge in [0.2, 0.25) is 0 Å². The van der Waals surface area contributed by atoms with Gasteiger partial charge in [0.25, 0.3) is 0 Å². The zero-order valence-corrected chi connectivity index (χ0v) is 19.3. The van der Waals surface area contributed by atoms with Crippen molar-refractivity contribution < 1.29 is 21.8 Å². The molecule has 0 radical (unpaired) electrons. The quantitative estimate of drug-likeness (QED) is 0.238. The largest absolute Gasteiger partial charge is 0.0609 e. The Morgan fingerprint density at radius 3 is 2.38 bits per heavy atom. The van der Waals surface area contributed by atoms with Crippen LogP contribution in [0.15, 0.2) is 48.6 Å². The second-order valence-corrected chi connectivity index (χ2v) is 12.4. The van der Waals surface area contributed by atoms with E-state index >= 15 is 0 Å². The summed E-state index contributed by atoms with van der Waals surface area (Å²) in [5, 5.41) is 10.8. The topological polar surface area (TPSA) is 95.9 Å². The first-order chi connectivity index (χ1) is 11.9. The van der Waals surface area contributed by atoms with Crippen molar-refractivity contribution in [3.8, 4) is 0 Å². The smallest absolute Gasteiger partial charge is 0.0133 e. The fourth-order valence-electron chi connectivity index (χ4n) is 2.31. The van der Waals surface area contributed by atoms with Crippen LogP contribution in [0.1, 0.15) is 39.7 Å². The predicted octanol–water partition coefficient (Wildman–Crippen LogP) is 3.36. The Morgan fingerprint density at radius 1 is 1.35 bits per heavy atom. The van der Waals surface area contributed by atoms with Crippen molar-refractivity contribution in [3.05, 3.63) is 57.7 Å². The number of carbonyl (C=O) groups excluding carboxylic acids is 1. The van der Waals surface area contributed by atoms with Crippen molar-refractivity contribution in [2.24, 2.45) is 0 Å². The minimum atomic E-state index is -5.02. The van der Waals surface area contributed by atoms with Crippen LogP contribution in [0, 0.1) is 3.57 Å². The average molecular weight is 537 g/mol. The van der Waals surface area contributed by atoms with Gasteiger partial charge in [0, 0.05) is 3.57 Å². The van der Waals surface area contributed by atoms with E-state index in [0.29, 0.717) is 0 Å². The summed E-state index contributed by atoms with van der Waals surface area (Å²) in [6.07, 6.45) is 6.26. The van der Waals surface area contributed by atoms with Crippen LogP contribution in [0.4, 0.5) is 0 Å². The first kappa shape index (κ1) is 23.2. The maximum Gasteiger partial charge on any atom is 0.0133 e. The van der Waals surface area contributed by atoms with Crippen LogP contribution < -0.4 is 5.32 Å². The van der Waals surface area contributed by atoms with Gasteiger partial charge in [-0.3, -0.25) is 0 Å². The maximum atomic E-state index is 11.6. The molecule has 0 saturated heterocycles. The molecule has 26 heavy (non-hydrogen) atoms. The third kappa shape index (κ3) is 6.39.